The van der Waals surface area contributed by atoms with Crippen LogP contribution in [0.5, 0.6) is 0 Å². The zero-order chi connectivity index (χ0) is 20.8. The number of ether oxygens (including phenoxy) is 1. The van der Waals surface area contributed by atoms with Crippen molar-refractivity contribution >= 4 is 5.97 Å². The highest BCUT2D eigenvalue weighted by atomic mass is 16.6. The molecule has 2 aromatic heterocycles. The predicted octanol–water partition coefficient (Wildman–Crippen LogP) is 4.99. The Kier molecular flexibility index (Phi) is 4.06. The third-order valence-electron chi connectivity index (χ3n) is 6.62. The monoisotopic (exact) mass is 410 g/mol. The van der Waals surface area contributed by atoms with Crippen LogP contribution in [0.3, 0.4) is 0 Å². The Balaban J connectivity index is 1.19. The lowest BCUT2D eigenvalue weighted by Crippen LogP contribution is -2.31. The summed E-state index contributed by atoms with van der Waals surface area (Å²) in [6.07, 6.45) is 5.48. The van der Waals surface area contributed by atoms with Gasteiger partial charge in [0.15, 0.2) is 0 Å². The van der Waals surface area contributed by atoms with Crippen molar-refractivity contribution in [3.63, 3.8) is 0 Å². The molecule has 4 aromatic rings. The van der Waals surface area contributed by atoms with Crippen molar-refractivity contribution in [3.8, 4) is 17.1 Å². The molecule has 154 valence electrons. The molecule has 1 aliphatic carbocycles. The van der Waals surface area contributed by atoms with Crippen LogP contribution in [0.25, 0.3) is 17.1 Å². The standard InChI is InChI=1S/C25H22N4O2/c30-24-19-8-4-5-9-20(19)25(31-24)13-10-17(11-14-25)22-16-23(27-26-22)21-12-15-29(28-21)18-6-2-1-3-7-18/h1-9,12,15-17H,10-11,13-14H2,(H,26,27). The summed E-state index contributed by atoms with van der Waals surface area (Å²) in [7, 11) is 0. The van der Waals surface area contributed by atoms with Gasteiger partial charge in [0.25, 0.3) is 0 Å². The van der Waals surface area contributed by atoms with E-state index in [4.69, 9.17) is 4.74 Å². The van der Waals surface area contributed by atoms with Crippen LogP contribution in [0.15, 0.2) is 72.9 Å². The first kappa shape index (κ1) is 18.1. The lowest BCUT2D eigenvalue weighted by atomic mass is 9.74. The molecule has 0 amide bonds. The number of H-pyrrole nitrogens is 1. The summed E-state index contributed by atoms with van der Waals surface area (Å²) in [5.74, 6) is 0.156. The Morgan fingerprint density at radius 3 is 2.61 bits per heavy atom. The van der Waals surface area contributed by atoms with Gasteiger partial charge in [-0.1, -0.05) is 36.4 Å². The maximum absolute atomic E-state index is 12.3. The van der Waals surface area contributed by atoms with Gasteiger partial charge >= 0.3 is 5.97 Å². The molecule has 1 aliphatic heterocycles. The predicted molar refractivity (Wildman–Crippen MR) is 116 cm³/mol. The van der Waals surface area contributed by atoms with E-state index < -0.39 is 5.60 Å². The second-order valence-corrected chi connectivity index (χ2v) is 8.39. The molecule has 6 heteroatoms. The molecular formula is C25H22N4O2. The second-order valence-electron chi connectivity index (χ2n) is 8.39. The average molecular weight is 410 g/mol. The lowest BCUT2D eigenvalue weighted by Gasteiger charge is -2.36. The van der Waals surface area contributed by atoms with E-state index in [1.165, 1.54) is 0 Å². The second kappa shape index (κ2) is 6.94. The first-order valence-electron chi connectivity index (χ1n) is 10.7. The van der Waals surface area contributed by atoms with Gasteiger partial charge < -0.3 is 4.74 Å². The van der Waals surface area contributed by atoms with Gasteiger partial charge in [0, 0.05) is 17.7 Å². The van der Waals surface area contributed by atoms with E-state index in [1.807, 2.05) is 71.5 Å². The fraction of sp³-hybridized carbons (Fsp3) is 0.240. The molecule has 31 heavy (non-hydrogen) atoms. The van der Waals surface area contributed by atoms with Crippen LogP contribution in [0.1, 0.15) is 53.2 Å². The van der Waals surface area contributed by atoms with E-state index >= 15 is 0 Å². The Morgan fingerprint density at radius 2 is 1.77 bits per heavy atom. The third-order valence-corrected chi connectivity index (χ3v) is 6.62. The summed E-state index contributed by atoms with van der Waals surface area (Å²) in [4.78, 5) is 12.3. The maximum Gasteiger partial charge on any atom is 0.339 e. The zero-order valence-corrected chi connectivity index (χ0v) is 17.0. The molecule has 1 fully saturated rings. The largest absolute Gasteiger partial charge is 0.451 e. The van der Waals surface area contributed by atoms with E-state index in [0.717, 1.165) is 59.6 Å². The zero-order valence-electron chi connectivity index (χ0n) is 17.0. The topological polar surface area (TPSA) is 72.8 Å². The molecule has 3 heterocycles. The smallest absolute Gasteiger partial charge is 0.339 e. The molecule has 1 N–H and O–H groups in total. The van der Waals surface area contributed by atoms with Crippen LogP contribution in [-0.4, -0.2) is 25.9 Å². The molecule has 0 bridgehead atoms. The van der Waals surface area contributed by atoms with Gasteiger partial charge in [-0.05, 0) is 56.0 Å². The molecule has 6 nitrogen and oxygen atoms in total. The van der Waals surface area contributed by atoms with Crippen molar-refractivity contribution in [1.82, 2.24) is 20.0 Å². The fourth-order valence-electron chi connectivity index (χ4n) is 4.97. The van der Waals surface area contributed by atoms with Crippen LogP contribution < -0.4 is 0 Å². The Bertz CT molecular complexity index is 1250. The van der Waals surface area contributed by atoms with Crippen molar-refractivity contribution in [2.75, 3.05) is 0 Å². The lowest BCUT2D eigenvalue weighted by molar-refractivity contribution is -0.0311. The van der Waals surface area contributed by atoms with Crippen LogP contribution in [-0.2, 0) is 10.3 Å². The summed E-state index contributed by atoms with van der Waals surface area (Å²) in [6.45, 7) is 0. The summed E-state index contributed by atoms with van der Waals surface area (Å²) in [5, 5.41) is 12.4. The number of nitrogens with one attached hydrogen (secondary N) is 1. The molecule has 2 aromatic carbocycles. The van der Waals surface area contributed by atoms with Crippen molar-refractivity contribution < 1.29 is 9.53 Å². The van der Waals surface area contributed by atoms with Gasteiger partial charge in [0.05, 0.1) is 22.6 Å². The Morgan fingerprint density at radius 1 is 1.00 bits per heavy atom. The number of carbonyl (C=O) groups excluding carboxylic acids is 1. The summed E-state index contributed by atoms with van der Waals surface area (Å²) in [6, 6.07) is 21.9. The number of fused-ring (bicyclic) bond motifs is 2. The number of nitrogens with zero attached hydrogens (tertiary/aromatic N) is 3. The van der Waals surface area contributed by atoms with E-state index in [9.17, 15) is 4.79 Å². The normalized spacial score (nSPS) is 22.5. The molecule has 0 radical (unpaired) electrons. The Labute approximate surface area is 179 Å². The molecule has 1 saturated carbocycles. The van der Waals surface area contributed by atoms with Gasteiger partial charge in [-0.2, -0.15) is 10.2 Å². The summed E-state index contributed by atoms with van der Waals surface area (Å²) in [5.41, 5.74) is 5.17. The molecule has 2 aliphatic rings. The van der Waals surface area contributed by atoms with Gasteiger partial charge in [0.1, 0.15) is 11.3 Å². The van der Waals surface area contributed by atoms with E-state index in [0.29, 0.717) is 5.92 Å². The minimum Gasteiger partial charge on any atom is -0.451 e. The fourth-order valence-corrected chi connectivity index (χ4v) is 4.97. The number of rotatable bonds is 3. The molecule has 0 unspecified atom stereocenters. The number of aromatic amines is 1. The number of hydrogen-bond acceptors (Lipinski definition) is 4. The number of para-hydroxylation sites is 1. The number of carbonyl (C=O) groups is 1. The molecular weight excluding hydrogens is 388 g/mol. The first-order valence-corrected chi connectivity index (χ1v) is 10.7. The summed E-state index contributed by atoms with van der Waals surface area (Å²) >= 11 is 0. The average Bonchev–Trinajstić information content (AvgIpc) is 3.55. The van der Waals surface area contributed by atoms with Gasteiger partial charge in [0.2, 0.25) is 0 Å². The van der Waals surface area contributed by atoms with E-state index in [1.54, 1.807) is 0 Å². The molecule has 6 rings (SSSR count). The minimum atomic E-state index is -0.461. The van der Waals surface area contributed by atoms with E-state index in [2.05, 4.69) is 21.4 Å². The number of aromatic nitrogens is 4. The number of hydrogen-bond donors (Lipinski definition) is 1. The number of benzene rings is 2. The van der Waals surface area contributed by atoms with Crippen LogP contribution in [0, 0.1) is 0 Å². The van der Waals surface area contributed by atoms with Gasteiger partial charge in [-0.15, -0.1) is 0 Å². The van der Waals surface area contributed by atoms with Crippen LogP contribution in [0.2, 0.25) is 0 Å². The Hall–Kier alpha value is -3.67. The highest BCUT2D eigenvalue weighted by Gasteiger charge is 2.47. The highest BCUT2D eigenvalue weighted by Crippen LogP contribution is 2.50. The SMILES string of the molecule is O=C1OC2(CCC(c3cc(-c4ccn(-c5ccccc5)n4)[nH]n3)CC2)c2ccccc21. The van der Waals surface area contributed by atoms with Gasteiger partial charge in [-0.25, -0.2) is 9.48 Å². The first-order chi connectivity index (χ1) is 15.2. The quantitative estimate of drug-likeness (QED) is 0.483. The third kappa shape index (κ3) is 2.98. The van der Waals surface area contributed by atoms with Crippen molar-refractivity contribution in [2.45, 2.75) is 37.2 Å². The van der Waals surface area contributed by atoms with Crippen molar-refractivity contribution in [3.05, 3.63) is 89.7 Å². The number of esters is 1. The van der Waals surface area contributed by atoms with Crippen molar-refractivity contribution in [1.29, 1.82) is 0 Å². The van der Waals surface area contributed by atoms with Crippen LogP contribution in [0.4, 0.5) is 0 Å². The molecule has 1 spiro atoms. The van der Waals surface area contributed by atoms with Crippen LogP contribution >= 0.6 is 0 Å². The summed E-state index contributed by atoms with van der Waals surface area (Å²) < 4.78 is 7.75. The van der Waals surface area contributed by atoms with Gasteiger partial charge in [-0.3, -0.25) is 5.10 Å². The van der Waals surface area contributed by atoms with Crippen molar-refractivity contribution in [2.24, 2.45) is 0 Å². The highest BCUT2D eigenvalue weighted by molar-refractivity contribution is 5.94. The minimum absolute atomic E-state index is 0.190. The molecule has 0 atom stereocenters. The molecule has 0 saturated heterocycles. The van der Waals surface area contributed by atoms with E-state index in [-0.39, 0.29) is 5.97 Å². The maximum atomic E-state index is 12.3.